The Labute approximate surface area is 67.6 Å². The number of hydrogen-bond donors (Lipinski definition) is 1. The van der Waals surface area contributed by atoms with Gasteiger partial charge in [0.2, 0.25) is 0 Å². The Hall–Kier alpha value is -1.16. The molecule has 1 N–H and O–H groups in total. The first-order valence-electron chi connectivity index (χ1n) is 3.11. The van der Waals surface area contributed by atoms with Crippen molar-refractivity contribution in [2.75, 3.05) is 0 Å². The smallest absolute Gasteiger partial charge is 0.178 e. The Morgan fingerprint density at radius 3 is 3.09 bits per heavy atom. The van der Waals surface area contributed by atoms with Gasteiger partial charge < -0.3 is 0 Å². The maximum Gasteiger partial charge on any atom is 0.178 e. The van der Waals surface area contributed by atoms with Crippen molar-refractivity contribution in [1.29, 1.82) is 0 Å². The fourth-order valence-electron chi connectivity index (χ4n) is 0.923. The van der Waals surface area contributed by atoms with Crippen molar-refractivity contribution in [3.05, 3.63) is 16.9 Å². The Morgan fingerprint density at radius 1 is 1.45 bits per heavy atom. The molecule has 0 aliphatic carbocycles. The summed E-state index contributed by atoms with van der Waals surface area (Å²) in [7, 11) is 0. The van der Waals surface area contributed by atoms with Crippen LogP contribution in [-0.2, 0) is 0 Å². The highest BCUT2D eigenvalue weighted by Crippen LogP contribution is 2.14. The van der Waals surface area contributed by atoms with E-state index in [1.807, 2.05) is 6.92 Å². The summed E-state index contributed by atoms with van der Waals surface area (Å²) < 4.78 is 0. The summed E-state index contributed by atoms with van der Waals surface area (Å²) in [6.45, 7) is 1.89. The Kier molecular flexibility index (Phi) is 1.29. The average Bonchev–Trinajstić information content (AvgIpc) is 2.33. The Bertz CT molecular complexity index is 394. The summed E-state index contributed by atoms with van der Waals surface area (Å²) in [6, 6.07) is 1.74. The van der Waals surface area contributed by atoms with Gasteiger partial charge >= 0.3 is 0 Å². The van der Waals surface area contributed by atoms with E-state index in [0.717, 1.165) is 11.1 Å². The number of H-pyrrole nitrogens is 1. The molecule has 2 rings (SSSR count). The molecule has 2 heterocycles. The minimum atomic E-state index is 0.391. The molecule has 0 aliphatic heterocycles. The van der Waals surface area contributed by atoms with Crippen LogP contribution in [0.25, 0.3) is 11.0 Å². The molecule has 2 aromatic heterocycles. The predicted octanol–water partition coefficient (Wildman–Crippen LogP) is 1.31. The second-order valence-corrected chi connectivity index (χ2v) is 2.63. The molecule has 0 radical (unpaired) electrons. The summed E-state index contributed by atoms with van der Waals surface area (Å²) in [6.07, 6.45) is 0. The van der Waals surface area contributed by atoms with Crippen LogP contribution in [0.1, 0.15) is 5.69 Å². The van der Waals surface area contributed by atoms with Gasteiger partial charge in [-0.1, -0.05) is 11.6 Å². The maximum atomic E-state index is 5.63. The number of aryl methyl sites for hydroxylation is 1. The van der Waals surface area contributed by atoms with Gasteiger partial charge in [-0.05, 0) is 13.0 Å². The molecule has 5 heteroatoms. The average molecular weight is 169 g/mol. The number of nitrogens with one attached hydrogen (secondary N) is 1. The molecule has 0 bridgehead atoms. The molecular weight excluding hydrogens is 164 g/mol. The lowest BCUT2D eigenvalue weighted by atomic mass is 10.3. The van der Waals surface area contributed by atoms with Crippen LogP contribution in [0.5, 0.6) is 0 Å². The van der Waals surface area contributed by atoms with Crippen molar-refractivity contribution in [2.45, 2.75) is 6.92 Å². The quantitative estimate of drug-likeness (QED) is 0.646. The third kappa shape index (κ3) is 0.952. The highest BCUT2D eigenvalue weighted by Gasteiger charge is 2.02. The van der Waals surface area contributed by atoms with Crippen LogP contribution in [0.15, 0.2) is 6.07 Å². The van der Waals surface area contributed by atoms with Gasteiger partial charge in [-0.2, -0.15) is 5.10 Å². The van der Waals surface area contributed by atoms with Gasteiger partial charge in [0.15, 0.2) is 10.8 Å². The van der Waals surface area contributed by atoms with E-state index >= 15 is 0 Å². The van der Waals surface area contributed by atoms with Crippen molar-refractivity contribution < 1.29 is 0 Å². The first kappa shape index (κ1) is 6.54. The van der Waals surface area contributed by atoms with Crippen molar-refractivity contribution in [1.82, 2.24) is 20.4 Å². The zero-order chi connectivity index (χ0) is 7.84. The van der Waals surface area contributed by atoms with E-state index in [-0.39, 0.29) is 0 Å². The van der Waals surface area contributed by atoms with Gasteiger partial charge in [0, 0.05) is 5.39 Å². The molecule has 0 spiro atoms. The highest BCUT2D eigenvalue weighted by atomic mass is 35.5. The minimum Gasteiger partial charge on any atom is -0.259 e. The van der Waals surface area contributed by atoms with Gasteiger partial charge in [-0.15, -0.1) is 10.2 Å². The topological polar surface area (TPSA) is 54.5 Å². The van der Waals surface area contributed by atoms with E-state index in [1.54, 1.807) is 6.07 Å². The van der Waals surface area contributed by atoms with Crippen LogP contribution in [-0.4, -0.2) is 20.4 Å². The monoisotopic (exact) mass is 168 g/mol. The molecule has 0 saturated carbocycles. The second kappa shape index (κ2) is 2.17. The summed E-state index contributed by atoms with van der Waals surface area (Å²) in [5.74, 6) is 0. The highest BCUT2D eigenvalue weighted by molar-refractivity contribution is 6.29. The lowest BCUT2D eigenvalue weighted by Crippen LogP contribution is -1.82. The SMILES string of the molecule is Cc1n[nH]c2nnc(Cl)cc12. The van der Waals surface area contributed by atoms with Crippen molar-refractivity contribution in [3.8, 4) is 0 Å². The molecule has 0 amide bonds. The Balaban J connectivity index is 2.87. The summed E-state index contributed by atoms with van der Waals surface area (Å²) in [5, 5.41) is 15.5. The lowest BCUT2D eigenvalue weighted by Gasteiger charge is -1.87. The molecule has 0 atom stereocenters. The number of aromatic nitrogens is 4. The molecule has 4 nitrogen and oxygen atoms in total. The molecular formula is C6H5ClN4. The molecule has 2 aromatic rings. The number of halogens is 1. The van der Waals surface area contributed by atoms with Gasteiger partial charge in [-0.25, -0.2) is 0 Å². The molecule has 56 valence electrons. The van der Waals surface area contributed by atoms with E-state index in [9.17, 15) is 0 Å². The van der Waals surface area contributed by atoms with Crippen LogP contribution < -0.4 is 0 Å². The second-order valence-electron chi connectivity index (χ2n) is 2.24. The zero-order valence-corrected chi connectivity index (χ0v) is 6.55. The summed E-state index contributed by atoms with van der Waals surface area (Å²) >= 11 is 5.63. The number of hydrogen-bond acceptors (Lipinski definition) is 3. The van der Waals surface area contributed by atoms with Crippen LogP contribution >= 0.6 is 11.6 Å². The first-order chi connectivity index (χ1) is 5.27. The van der Waals surface area contributed by atoms with Gasteiger partial charge in [0.25, 0.3) is 0 Å². The fraction of sp³-hybridized carbons (Fsp3) is 0.167. The summed E-state index contributed by atoms with van der Waals surface area (Å²) in [5.41, 5.74) is 1.56. The molecule has 11 heavy (non-hydrogen) atoms. The number of rotatable bonds is 0. The number of aromatic amines is 1. The molecule has 0 aromatic carbocycles. The standard InChI is InChI=1S/C6H5ClN4/c1-3-4-2-5(7)9-11-6(4)10-8-3/h2H,1H3,(H,8,10,11). The molecule has 0 fully saturated rings. The van der Waals surface area contributed by atoms with E-state index < -0.39 is 0 Å². The lowest BCUT2D eigenvalue weighted by molar-refractivity contribution is 1.01. The fourth-order valence-corrected chi connectivity index (χ4v) is 1.07. The van der Waals surface area contributed by atoms with Gasteiger partial charge in [0.1, 0.15) is 0 Å². The van der Waals surface area contributed by atoms with Gasteiger partial charge in [-0.3, -0.25) is 5.10 Å². The van der Waals surface area contributed by atoms with Crippen LogP contribution in [0.2, 0.25) is 5.15 Å². The largest absolute Gasteiger partial charge is 0.259 e. The number of fused-ring (bicyclic) bond motifs is 1. The minimum absolute atomic E-state index is 0.391. The van der Waals surface area contributed by atoms with Gasteiger partial charge in [0.05, 0.1) is 5.69 Å². The van der Waals surface area contributed by atoms with Crippen LogP contribution in [0.4, 0.5) is 0 Å². The van der Waals surface area contributed by atoms with E-state index in [4.69, 9.17) is 11.6 Å². The molecule has 0 unspecified atom stereocenters. The third-order valence-electron chi connectivity index (χ3n) is 1.48. The molecule has 0 saturated heterocycles. The zero-order valence-electron chi connectivity index (χ0n) is 5.80. The van der Waals surface area contributed by atoms with Crippen LogP contribution in [0, 0.1) is 6.92 Å². The first-order valence-corrected chi connectivity index (χ1v) is 3.49. The van der Waals surface area contributed by atoms with Crippen molar-refractivity contribution in [3.63, 3.8) is 0 Å². The predicted molar refractivity (Wildman–Crippen MR) is 41.4 cm³/mol. The maximum absolute atomic E-state index is 5.63. The third-order valence-corrected chi connectivity index (χ3v) is 1.67. The normalized spacial score (nSPS) is 10.7. The molecule has 0 aliphatic rings. The summed E-state index contributed by atoms with van der Waals surface area (Å²) in [4.78, 5) is 0. The van der Waals surface area contributed by atoms with E-state index in [0.29, 0.717) is 10.8 Å². The Morgan fingerprint density at radius 2 is 2.27 bits per heavy atom. The van der Waals surface area contributed by atoms with Crippen molar-refractivity contribution in [2.24, 2.45) is 0 Å². The van der Waals surface area contributed by atoms with Crippen LogP contribution in [0.3, 0.4) is 0 Å². The number of nitrogens with zero attached hydrogens (tertiary/aromatic N) is 3. The van der Waals surface area contributed by atoms with E-state index in [2.05, 4.69) is 20.4 Å². The van der Waals surface area contributed by atoms with Crippen molar-refractivity contribution >= 4 is 22.6 Å². The van der Waals surface area contributed by atoms with E-state index in [1.165, 1.54) is 0 Å².